The van der Waals surface area contributed by atoms with Crippen LogP contribution in [0.2, 0.25) is 0 Å². The average molecular weight is 197 g/mol. The second kappa shape index (κ2) is 3.47. The third kappa shape index (κ3) is 3.14. The van der Waals surface area contributed by atoms with Crippen LogP contribution in [-0.2, 0) is 9.09 Å². The molecule has 0 aromatic carbocycles. The highest BCUT2D eigenvalue weighted by molar-refractivity contribution is 7.57. The van der Waals surface area contributed by atoms with Crippen molar-refractivity contribution in [3.63, 3.8) is 0 Å². The Kier molecular flexibility index (Phi) is 3.02. The second-order valence-electron chi connectivity index (χ2n) is 3.34. The molecule has 4 heteroatoms. The highest BCUT2D eigenvalue weighted by atomic mass is 35.5. The van der Waals surface area contributed by atoms with Crippen LogP contribution in [0.3, 0.4) is 0 Å². The minimum Gasteiger partial charge on any atom is -0.324 e. The van der Waals surface area contributed by atoms with Crippen molar-refractivity contribution in [3.05, 3.63) is 0 Å². The van der Waals surface area contributed by atoms with Crippen molar-refractivity contribution >= 4 is 19.0 Å². The molecule has 0 spiro atoms. The Morgan fingerprint density at radius 3 is 2.45 bits per heavy atom. The minimum absolute atomic E-state index is 0.0255. The van der Waals surface area contributed by atoms with E-state index in [9.17, 15) is 4.57 Å². The summed E-state index contributed by atoms with van der Waals surface area (Å²) in [7, 11) is -2.34. The molecule has 0 N–H and O–H groups in total. The van der Waals surface area contributed by atoms with Gasteiger partial charge in [0.1, 0.15) is 0 Å². The Morgan fingerprint density at radius 2 is 2.09 bits per heavy atom. The van der Waals surface area contributed by atoms with Crippen LogP contribution >= 0.6 is 19.0 Å². The first-order valence-electron chi connectivity index (χ1n) is 3.86. The maximum atomic E-state index is 11.2. The van der Waals surface area contributed by atoms with Gasteiger partial charge in [0.15, 0.2) is 7.37 Å². The number of hydrogen-bond donors (Lipinski definition) is 0. The molecule has 0 aromatic heterocycles. The van der Waals surface area contributed by atoms with Gasteiger partial charge < -0.3 is 4.52 Å². The Morgan fingerprint density at radius 1 is 1.45 bits per heavy atom. The lowest BCUT2D eigenvalue weighted by Gasteiger charge is -2.17. The van der Waals surface area contributed by atoms with Gasteiger partial charge in [0, 0.05) is 13.3 Å². The molecule has 0 radical (unpaired) electrons. The van der Waals surface area contributed by atoms with Gasteiger partial charge in [-0.15, -0.1) is 11.6 Å². The van der Waals surface area contributed by atoms with Gasteiger partial charge in [-0.25, -0.2) is 0 Å². The first kappa shape index (κ1) is 9.57. The molecule has 1 saturated carbocycles. The summed E-state index contributed by atoms with van der Waals surface area (Å²) in [6.45, 7) is 3.27. The molecule has 11 heavy (non-hydrogen) atoms. The maximum Gasteiger partial charge on any atom is 0.197 e. The van der Waals surface area contributed by atoms with Crippen molar-refractivity contribution in [3.8, 4) is 0 Å². The summed E-state index contributed by atoms with van der Waals surface area (Å²) in [5.74, 6) is 0. The van der Waals surface area contributed by atoms with Gasteiger partial charge >= 0.3 is 0 Å². The fourth-order valence-electron chi connectivity index (χ4n) is 1.33. The monoisotopic (exact) mass is 196 g/mol. The standard InChI is InChI=1S/C7H14ClO2P/c1-11(2,9)10-7-5-3-4-6(7)8/h6-7H,3-5H2,1-2H3. The van der Waals surface area contributed by atoms with Gasteiger partial charge in [0.25, 0.3) is 0 Å². The fraction of sp³-hybridized carbons (Fsp3) is 1.00. The summed E-state index contributed by atoms with van der Waals surface area (Å²) in [6.07, 6.45) is 3.07. The molecule has 1 fully saturated rings. The molecule has 0 bridgehead atoms. The minimum atomic E-state index is -2.34. The molecule has 0 amide bonds. The predicted octanol–water partition coefficient (Wildman–Crippen LogP) is 2.70. The van der Waals surface area contributed by atoms with E-state index in [0.29, 0.717) is 0 Å². The van der Waals surface area contributed by atoms with Crippen LogP contribution in [0.15, 0.2) is 0 Å². The van der Waals surface area contributed by atoms with Crippen molar-refractivity contribution in [2.24, 2.45) is 0 Å². The lowest BCUT2D eigenvalue weighted by Crippen LogP contribution is -2.16. The van der Waals surface area contributed by atoms with E-state index in [1.54, 1.807) is 13.3 Å². The van der Waals surface area contributed by atoms with Gasteiger partial charge in [-0.05, 0) is 19.3 Å². The van der Waals surface area contributed by atoms with Gasteiger partial charge in [0.2, 0.25) is 0 Å². The highest BCUT2D eigenvalue weighted by Crippen LogP contribution is 2.43. The summed E-state index contributed by atoms with van der Waals surface area (Å²) in [5, 5.41) is 0.0724. The molecule has 66 valence electrons. The van der Waals surface area contributed by atoms with E-state index in [0.717, 1.165) is 19.3 Å². The molecule has 1 aliphatic rings. The molecule has 1 aliphatic carbocycles. The number of alkyl halides is 1. The third-order valence-electron chi connectivity index (χ3n) is 1.76. The SMILES string of the molecule is CP(C)(=O)OC1CCCC1Cl. The summed E-state index contributed by atoms with van der Waals surface area (Å²) < 4.78 is 16.6. The van der Waals surface area contributed by atoms with Crippen molar-refractivity contribution in [1.29, 1.82) is 0 Å². The fourth-order valence-corrected chi connectivity index (χ4v) is 2.63. The highest BCUT2D eigenvalue weighted by Gasteiger charge is 2.29. The first-order chi connectivity index (χ1) is 4.99. The molecule has 0 aliphatic heterocycles. The molecule has 2 atom stereocenters. The van der Waals surface area contributed by atoms with Crippen molar-refractivity contribution < 1.29 is 9.09 Å². The van der Waals surface area contributed by atoms with E-state index in [1.807, 2.05) is 0 Å². The maximum absolute atomic E-state index is 11.2. The van der Waals surface area contributed by atoms with Gasteiger partial charge in [-0.1, -0.05) is 0 Å². The van der Waals surface area contributed by atoms with Crippen molar-refractivity contribution in [2.45, 2.75) is 30.7 Å². The average Bonchev–Trinajstić information content (AvgIpc) is 2.12. The van der Waals surface area contributed by atoms with E-state index in [-0.39, 0.29) is 11.5 Å². The van der Waals surface area contributed by atoms with Gasteiger partial charge in [-0.3, -0.25) is 4.57 Å². The second-order valence-corrected chi connectivity index (χ2v) is 6.62. The molecule has 0 aromatic rings. The Bertz CT molecular complexity index is 177. The molecule has 0 saturated heterocycles. The molecule has 2 unspecified atom stereocenters. The topological polar surface area (TPSA) is 26.3 Å². The zero-order valence-corrected chi connectivity index (χ0v) is 8.57. The number of halogens is 1. The van der Waals surface area contributed by atoms with Crippen LogP contribution in [0.1, 0.15) is 19.3 Å². The zero-order chi connectivity index (χ0) is 8.48. The van der Waals surface area contributed by atoms with Crippen LogP contribution in [0.4, 0.5) is 0 Å². The molecule has 1 rings (SSSR count). The summed E-state index contributed by atoms with van der Waals surface area (Å²) >= 11 is 5.94. The van der Waals surface area contributed by atoms with E-state index in [1.165, 1.54) is 0 Å². The van der Waals surface area contributed by atoms with Crippen LogP contribution < -0.4 is 0 Å². The van der Waals surface area contributed by atoms with E-state index >= 15 is 0 Å². The van der Waals surface area contributed by atoms with Crippen LogP contribution in [0, 0.1) is 0 Å². The van der Waals surface area contributed by atoms with Crippen LogP contribution in [0.5, 0.6) is 0 Å². The van der Waals surface area contributed by atoms with Gasteiger partial charge in [0.05, 0.1) is 11.5 Å². The molecular weight excluding hydrogens is 183 g/mol. The molecule has 2 nitrogen and oxygen atoms in total. The Hall–Kier alpha value is 0.480. The summed E-state index contributed by atoms with van der Waals surface area (Å²) in [6, 6.07) is 0. The third-order valence-corrected chi connectivity index (χ3v) is 3.04. The molecule has 0 heterocycles. The lowest BCUT2D eigenvalue weighted by atomic mass is 10.3. The summed E-state index contributed by atoms with van der Waals surface area (Å²) in [5.41, 5.74) is 0. The smallest absolute Gasteiger partial charge is 0.197 e. The van der Waals surface area contributed by atoms with Crippen molar-refractivity contribution in [1.82, 2.24) is 0 Å². The largest absolute Gasteiger partial charge is 0.324 e. The van der Waals surface area contributed by atoms with E-state index in [4.69, 9.17) is 16.1 Å². The van der Waals surface area contributed by atoms with Gasteiger partial charge in [-0.2, -0.15) is 0 Å². The quantitative estimate of drug-likeness (QED) is 0.502. The van der Waals surface area contributed by atoms with Crippen LogP contribution in [0.25, 0.3) is 0 Å². The number of rotatable bonds is 2. The lowest BCUT2D eigenvalue weighted by molar-refractivity contribution is 0.220. The molecular formula is C7H14ClO2P. The predicted molar refractivity (Wildman–Crippen MR) is 47.8 cm³/mol. The summed E-state index contributed by atoms with van der Waals surface area (Å²) in [4.78, 5) is 0. The first-order valence-corrected chi connectivity index (χ1v) is 6.82. The normalized spacial score (nSPS) is 32.6. The van der Waals surface area contributed by atoms with Crippen molar-refractivity contribution in [2.75, 3.05) is 13.3 Å². The Labute approximate surface area is 72.7 Å². The van der Waals surface area contributed by atoms with E-state index in [2.05, 4.69) is 0 Å². The van der Waals surface area contributed by atoms with Crippen LogP contribution in [-0.4, -0.2) is 24.8 Å². The number of hydrogen-bond acceptors (Lipinski definition) is 2. The van der Waals surface area contributed by atoms with E-state index < -0.39 is 7.37 Å². The Balaban J connectivity index is 2.43. The zero-order valence-electron chi connectivity index (χ0n) is 6.92.